The van der Waals surface area contributed by atoms with Gasteiger partial charge in [-0.2, -0.15) is 0 Å². The highest BCUT2D eigenvalue weighted by molar-refractivity contribution is 6.35. The van der Waals surface area contributed by atoms with E-state index >= 15 is 0 Å². The highest BCUT2D eigenvalue weighted by atomic mass is 35.5. The van der Waals surface area contributed by atoms with Gasteiger partial charge < -0.3 is 4.74 Å². The minimum absolute atomic E-state index is 0.260. The molecule has 1 nitrogen and oxygen atoms in total. The lowest BCUT2D eigenvalue weighted by atomic mass is 10.1. The van der Waals surface area contributed by atoms with E-state index in [4.69, 9.17) is 58.1 Å². The van der Waals surface area contributed by atoms with Crippen LogP contribution in [-0.4, -0.2) is 0 Å². The van der Waals surface area contributed by atoms with Crippen LogP contribution >= 0.6 is 46.4 Å². The average Bonchev–Trinajstić information content (AvgIpc) is 2.37. The summed E-state index contributed by atoms with van der Waals surface area (Å²) in [6, 6.07) is 10.3. The first-order chi connectivity index (χ1) is 9.47. The van der Waals surface area contributed by atoms with Gasteiger partial charge in [0.2, 0.25) is 0 Å². The van der Waals surface area contributed by atoms with Gasteiger partial charge in [-0.15, -0.1) is 0 Å². The molecule has 0 saturated heterocycles. The van der Waals surface area contributed by atoms with Gasteiger partial charge in [0.1, 0.15) is 0 Å². The minimum atomic E-state index is -0.661. The van der Waals surface area contributed by atoms with Gasteiger partial charge in [0.15, 0.2) is 0 Å². The number of halogens is 4. The van der Waals surface area contributed by atoms with E-state index < -0.39 is 6.10 Å². The summed E-state index contributed by atoms with van der Waals surface area (Å²) in [7, 11) is 0. The highest BCUT2D eigenvalue weighted by Gasteiger charge is 2.12. The smallest absolute Gasteiger partial charge is 0.0879 e. The quantitative estimate of drug-likeness (QED) is 0.633. The molecule has 0 spiro atoms. The monoisotopic (exact) mass is 346 g/mol. The summed E-state index contributed by atoms with van der Waals surface area (Å²) in [6.07, 6.45) is -0.661. The highest BCUT2D eigenvalue weighted by Crippen LogP contribution is 2.29. The zero-order valence-electron chi connectivity index (χ0n) is 10.2. The molecule has 5 heteroatoms. The van der Waals surface area contributed by atoms with Crippen molar-refractivity contribution in [3.63, 3.8) is 0 Å². The van der Waals surface area contributed by atoms with Gasteiger partial charge in [0, 0.05) is 27.0 Å². The van der Waals surface area contributed by atoms with E-state index in [9.17, 15) is 0 Å². The molecule has 2 radical (unpaired) electrons. The van der Waals surface area contributed by atoms with Crippen LogP contribution < -0.4 is 0 Å². The second-order valence-corrected chi connectivity index (χ2v) is 5.82. The van der Waals surface area contributed by atoms with Crippen molar-refractivity contribution in [2.24, 2.45) is 0 Å². The normalized spacial score (nSPS) is 12.4. The first-order valence-corrected chi connectivity index (χ1v) is 7.24. The van der Waals surface area contributed by atoms with Gasteiger partial charge in [-0.05, 0) is 35.4 Å². The lowest BCUT2D eigenvalue weighted by molar-refractivity contribution is 0.0701. The first-order valence-electron chi connectivity index (χ1n) is 5.73. The van der Waals surface area contributed by atoms with Crippen LogP contribution in [0.2, 0.25) is 20.1 Å². The Labute approximate surface area is 138 Å². The Morgan fingerprint density at radius 1 is 0.900 bits per heavy atom. The topological polar surface area (TPSA) is 9.23 Å². The molecule has 0 aliphatic carbocycles. The second-order valence-electron chi connectivity index (χ2n) is 4.13. The third-order valence-electron chi connectivity index (χ3n) is 2.70. The van der Waals surface area contributed by atoms with E-state index in [0.29, 0.717) is 25.7 Å². The maximum Gasteiger partial charge on any atom is 0.0879 e. The number of rotatable bonds is 4. The SMILES string of the molecule is [CH]C(OCc1ccc(Cl)cc1Cl)c1ccc(Cl)cc1Cl. The molecular weight excluding hydrogens is 338 g/mol. The number of hydrogen-bond donors (Lipinski definition) is 0. The second kappa shape index (κ2) is 7.02. The molecular formula is C15H10Cl4O. The molecule has 104 valence electrons. The van der Waals surface area contributed by atoms with Crippen LogP contribution in [0.1, 0.15) is 17.2 Å². The molecule has 2 rings (SSSR count). The van der Waals surface area contributed by atoms with Gasteiger partial charge >= 0.3 is 0 Å². The van der Waals surface area contributed by atoms with Gasteiger partial charge in [-0.1, -0.05) is 58.5 Å². The zero-order chi connectivity index (χ0) is 14.7. The molecule has 1 unspecified atom stereocenters. The fourth-order valence-corrected chi connectivity index (χ4v) is 2.62. The summed E-state index contributed by atoms with van der Waals surface area (Å²) in [5, 5.41) is 2.12. The van der Waals surface area contributed by atoms with Crippen LogP contribution in [0.25, 0.3) is 0 Å². The molecule has 0 aromatic heterocycles. The van der Waals surface area contributed by atoms with Crippen LogP contribution in [0.5, 0.6) is 0 Å². The summed E-state index contributed by atoms with van der Waals surface area (Å²) in [4.78, 5) is 0. The summed E-state index contributed by atoms with van der Waals surface area (Å²) < 4.78 is 5.58. The lowest BCUT2D eigenvalue weighted by Gasteiger charge is -2.15. The van der Waals surface area contributed by atoms with Crippen molar-refractivity contribution in [1.82, 2.24) is 0 Å². The van der Waals surface area contributed by atoms with Gasteiger partial charge in [-0.25, -0.2) is 0 Å². The lowest BCUT2D eigenvalue weighted by Crippen LogP contribution is -2.02. The molecule has 0 bridgehead atoms. The zero-order valence-corrected chi connectivity index (χ0v) is 13.3. The molecule has 0 fully saturated rings. The maximum atomic E-state index is 6.07. The predicted molar refractivity (Wildman–Crippen MR) is 84.8 cm³/mol. The first kappa shape index (κ1) is 15.9. The fourth-order valence-electron chi connectivity index (χ4n) is 1.64. The van der Waals surface area contributed by atoms with E-state index in [0.717, 1.165) is 5.56 Å². The summed E-state index contributed by atoms with van der Waals surface area (Å²) in [5.41, 5.74) is 1.47. The van der Waals surface area contributed by atoms with E-state index in [-0.39, 0.29) is 6.61 Å². The van der Waals surface area contributed by atoms with Crippen LogP contribution in [0.4, 0.5) is 0 Å². The molecule has 0 N–H and O–H groups in total. The minimum Gasteiger partial charge on any atom is -0.368 e. The molecule has 0 amide bonds. The largest absolute Gasteiger partial charge is 0.368 e. The van der Waals surface area contributed by atoms with E-state index in [1.54, 1.807) is 36.4 Å². The Balaban J connectivity index is 2.06. The fraction of sp³-hybridized carbons (Fsp3) is 0.133. The Morgan fingerprint density at radius 3 is 2.10 bits per heavy atom. The van der Waals surface area contributed by atoms with Gasteiger partial charge in [-0.3, -0.25) is 0 Å². The van der Waals surface area contributed by atoms with Crippen molar-refractivity contribution in [2.75, 3.05) is 0 Å². The maximum absolute atomic E-state index is 6.07. The molecule has 0 aliphatic heterocycles. The van der Waals surface area contributed by atoms with E-state index in [1.165, 1.54) is 0 Å². The Hall–Kier alpha value is -0.440. The summed E-state index contributed by atoms with van der Waals surface area (Å²) >= 11 is 23.8. The Kier molecular flexibility index (Phi) is 5.59. The molecule has 1 atom stereocenters. The summed E-state index contributed by atoms with van der Waals surface area (Å²) in [6.45, 7) is 6.21. The Bertz CT molecular complexity index is 613. The molecule has 20 heavy (non-hydrogen) atoms. The van der Waals surface area contributed by atoms with Crippen molar-refractivity contribution in [3.8, 4) is 0 Å². The van der Waals surface area contributed by atoms with Crippen molar-refractivity contribution in [1.29, 1.82) is 0 Å². The third kappa shape index (κ3) is 4.03. The molecule has 2 aromatic carbocycles. The molecule has 0 heterocycles. The Morgan fingerprint density at radius 2 is 1.50 bits per heavy atom. The van der Waals surface area contributed by atoms with Crippen LogP contribution in [-0.2, 0) is 11.3 Å². The average molecular weight is 348 g/mol. The molecule has 0 saturated carbocycles. The standard InChI is InChI=1S/C15H10Cl4O/c1-9(13-5-4-12(17)7-15(13)19)20-8-10-2-3-11(16)6-14(10)18/h1-7,9H,8H2. The van der Waals surface area contributed by atoms with Crippen LogP contribution in [0.3, 0.4) is 0 Å². The van der Waals surface area contributed by atoms with Crippen LogP contribution in [0.15, 0.2) is 36.4 Å². The number of benzene rings is 2. The number of ether oxygens (including phenoxy) is 1. The third-order valence-corrected chi connectivity index (χ3v) is 3.85. The molecule has 2 aromatic rings. The van der Waals surface area contributed by atoms with Crippen molar-refractivity contribution in [2.45, 2.75) is 12.7 Å². The predicted octanol–water partition coefficient (Wildman–Crippen LogP) is 6.27. The van der Waals surface area contributed by atoms with E-state index in [2.05, 4.69) is 0 Å². The van der Waals surface area contributed by atoms with Gasteiger partial charge in [0.25, 0.3) is 0 Å². The summed E-state index contributed by atoms with van der Waals surface area (Å²) in [5.74, 6) is 0. The van der Waals surface area contributed by atoms with E-state index in [1.807, 2.05) is 0 Å². The number of hydrogen-bond acceptors (Lipinski definition) is 1. The van der Waals surface area contributed by atoms with Crippen molar-refractivity contribution >= 4 is 46.4 Å². The molecule has 0 aliphatic rings. The van der Waals surface area contributed by atoms with Crippen LogP contribution in [0, 0.1) is 6.92 Å². The van der Waals surface area contributed by atoms with Crippen molar-refractivity contribution < 1.29 is 4.74 Å². The van der Waals surface area contributed by atoms with Crippen molar-refractivity contribution in [3.05, 3.63) is 74.5 Å². The van der Waals surface area contributed by atoms with Gasteiger partial charge in [0.05, 0.1) is 12.7 Å².